The standard InChI is InChI=1S/C20H22FN5O4S.C12H16N4O.C8H8FNO4S/c1-12-11-22-18-10-16(23-26(18)19(12)27)17-5-3-4-8-25(17)20(28)14-9-13(21)6-7-15(14)24-31(2,29)30;1-8-7-14-11-6-10(15-16(11)12(8)17)9-4-2-3-5-13-9;1-15(13,14)10-7-3-2-5(9)4-6(7)8(11)12/h6-7,9-11,17,23-24H,3-5,8H2,1-2H3;6-7,9,13,15H,2-5H2,1H3;2-4,10H,1H3,(H,11,12)/t17-;9-;/m00./s1. The number of hydrogen-bond acceptors (Lipinski definition) is 11. The van der Waals surface area contributed by atoms with Crippen LogP contribution in [0.2, 0.25) is 0 Å². The Labute approximate surface area is 359 Å². The van der Waals surface area contributed by atoms with Crippen LogP contribution in [0.3, 0.4) is 0 Å². The maximum Gasteiger partial charge on any atom is 0.337 e. The summed E-state index contributed by atoms with van der Waals surface area (Å²) in [5, 5.41) is 18.3. The normalized spacial score (nSPS) is 16.7. The van der Waals surface area contributed by atoms with Crippen molar-refractivity contribution in [2.24, 2.45) is 0 Å². The highest BCUT2D eigenvalue weighted by atomic mass is 32.2. The van der Waals surface area contributed by atoms with Gasteiger partial charge in [0.2, 0.25) is 20.0 Å². The molecule has 6 N–H and O–H groups in total. The molecule has 1 amide bonds. The molecular weight excluding hydrogens is 867 g/mol. The zero-order valence-electron chi connectivity index (χ0n) is 34.6. The van der Waals surface area contributed by atoms with Crippen molar-refractivity contribution in [1.82, 2.24) is 39.4 Å². The van der Waals surface area contributed by atoms with Crippen molar-refractivity contribution in [2.45, 2.75) is 64.5 Å². The minimum atomic E-state index is -3.66. The average Bonchev–Trinajstić information content (AvgIpc) is 3.88. The van der Waals surface area contributed by atoms with Gasteiger partial charge in [0.1, 0.15) is 11.6 Å². The van der Waals surface area contributed by atoms with E-state index in [1.165, 1.54) is 34.1 Å². The number of carbonyl (C=O) groups excluding carboxylic acids is 1. The second-order valence-corrected chi connectivity index (χ2v) is 18.7. The number of aromatic carboxylic acids is 1. The fraction of sp³-hybridized carbons (Fsp3) is 0.350. The summed E-state index contributed by atoms with van der Waals surface area (Å²) in [6.45, 7) is 4.90. The zero-order chi connectivity index (χ0) is 45.8. The third-order valence-corrected chi connectivity index (χ3v) is 11.4. The van der Waals surface area contributed by atoms with Gasteiger partial charge in [-0.05, 0) is 88.9 Å². The number of anilines is 2. The summed E-state index contributed by atoms with van der Waals surface area (Å²) in [6, 6.07) is 9.75. The number of aryl methyl sites for hydroxylation is 2. The Balaban J connectivity index is 0.000000174. The number of aromatic nitrogens is 6. The van der Waals surface area contributed by atoms with E-state index in [0.29, 0.717) is 47.1 Å². The van der Waals surface area contributed by atoms with Crippen LogP contribution in [0.15, 0.2) is 70.5 Å². The predicted molar refractivity (Wildman–Crippen MR) is 230 cm³/mol. The van der Waals surface area contributed by atoms with Crippen LogP contribution < -0.4 is 25.9 Å². The number of benzene rings is 2. The van der Waals surface area contributed by atoms with Crippen molar-refractivity contribution in [2.75, 3.05) is 35.0 Å². The summed E-state index contributed by atoms with van der Waals surface area (Å²) in [5.74, 6) is -3.29. The number of likely N-dealkylation sites (tertiary alicyclic amines) is 1. The molecule has 0 aliphatic carbocycles. The van der Waals surface area contributed by atoms with Crippen molar-refractivity contribution < 1.29 is 40.3 Å². The second kappa shape index (κ2) is 18.9. The molecule has 63 heavy (non-hydrogen) atoms. The highest BCUT2D eigenvalue weighted by Crippen LogP contribution is 2.33. The molecule has 2 fully saturated rings. The lowest BCUT2D eigenvalue weighted by molar-refractivity contribution is 0.0605. The van der Waals surface area contributed by atoms with E-state index in [4.69, 9.17) is 5.11 Å². The molecule has 2 aromatic carbocycles. The van der Waals surface area contributed by atoms with Crippen LogP contribution >= 0.6 is 0 Å². The van der Waals surface area contributed by atoms with Gasteiger partial charge in [0.25, 0.3) is 17.0 Å². The summed E-state index contributed by atoms with van der Waals surface area (Å²) in [6.07, 6.45) is 10.8. The molecular formula is C40H46F2N10O9S2. The van der Waals surface area contributed by atoms with Crippen LogP contribution in [0.1, 0.15) is 93.8 Å². The van der Waals surface area contributed by atoms with Gasteiger partial charge in [0.15, 0.2) is 11.3 Å². The van der Waals surface area contributed by atoms with Crippen molar-refractivity contribution in [3.05, 3.63) is 127 Å². The number of piperidine rings is 2. The van der Waals surface area contributed by atoms with E-state index in [0.717, 1.165) is 74.3 Å². The summed E-state index contributed by atoms with van der Waals surface area (Å²) in [5.41, 5.74) is 3.08. The number of nitrogens with one attached hydrogen (secondary N) is 5. The summed E-state index contributed by atoms with van der Waals surface area (Å²) < 4.78 is 78.9. The first kappa shape index (κ1) is 46.1. The predicted octanol–water partition coefficient (Wildman–Crippen LogP) is 4.25. The quantitative estimate of drug-likeness (QED) is 0.125. The molecule has 6 heterocycles. The van der Waals surface area contributed by atoms with Crippen LogP contribution in [0.4, 0.5) is 20.2 Å². The number of amides is 1. The van der Waals surface area contributed by atoms with Crippen molar-refractivity contribution in [1.29, 1.82) is 0 Å². The Morgan fingerprint density at radius 3 is 1.76 bits per heavy atom. The SMILES string of the molecule is CS(=O)(=O)Nc1ccc(F)cc1C(=O)O.Cc1cnc2cc([C@@H]3CCCCN3)[nH]n2c1=O.Cc1cnc2cc([C@@H]3CCCCN3C(=O)c3cc(F)ccc3NS(C)(=O)=O)[nH]n2c1=O. The molecule has 8 rings (SSSR count). The van der Waals surface area contributed by atoms with E-state index < -0.39 is 55.2 Å². The number of aromatic amines is 2. The average molecular weight is 913 g/mol. The fourth-order valence-corrected chi connectivity index (χ4v) is 8.37. The molecule has 0 radical (unpaired) electrons. The lowest BCUT2D eigenvalue weighted by Crippen LogP contribution is -2.39. The van der Waals surface area contributed by atoms with Gasteiger partial charge in [0, 0.05) is 48.2 Å². The van der Waals surface area contributed by atoms with E-state index in [1.807, 2.05) is 10.8 Å². The lowest BCUT2D eigenvalue weighted by Gasteiger charge is -2.35. The molecule has 2 atom stereocenters. The van der Waals surface area contributed by atoms with Gasteiger partial charge in [-0.1, -0.05) is 6.42 Å². The topological polar surface area (TPSA) is 262 Å². The first-order valence-electron chi connectivity index (χ1n) is 19.7. The number of halogens is 2. The Bertz CT molecular complexity index is 3030. The van der Waals surface area contributed by atoms with Crippen LogP contribution in [0, 0.1) is 25.5 Å². The molecule has 0 spiro atoms. The highest BCUT2D eigenvalue weighted by molar-refractivity contribution is 7.92. The van der Waals surface area contributed by atoms with Gasteiger partial charge in [-0.3, -0.25) is 34.0 Å². The summed E-state index contributed by atoms with van der Waals surface area (Å²) in [7, 11) is -7.25. The zero-order valence-corrected chi connectivity index (χ0v) is 36.2. The van der Waals surface area contributed by atoms with Gasteiger partial charge < -0.3 is 15.3 Å². The van der Waals surface area contributed by atoms with Crippen LogP contribution in [-0.2, 0) is 20.0 Å². The smallest absolute Gasteiger partial charge is 0.337 e. The third-order valence-electron chi connectivity index (χ3n) is 10.2. The Hall–Kier alpha value is -6.46. The van der Waals surface area contributed by atoms with E-state index in [9.17, 15) is 44.8 Å². The Kier molecular flexibility index (Phi) is 13.8. The van der Waals surface area contributed by atoms with Gasteiger partial charge >= 0.3 is 5.97 Å². The number of carboxylic acid groups (broad SMARTS) is 1. The van der Waals surface area contributed by atoms with Gasteiger partial charge in [0.05, 0.1) is 52.4 Å². The summed E-state index contributed by atoms with van der Waals surface area (Å²) in [4.78, 5) is 58.4. The number of rotatable bonds is 8. The van der Waals surface area contributed by atoms with Crippen LogP contribution in [-0.4, -0.2) is 93.5 Å². The van der Waals surface area contributed by atoms with Crippen LogP contribution in [0.25, 0.3) is 11.3 Å². The Morgan fingerprint density at radius 1 is 0.730 bits per heavy atom. The number of nitrogens with zero attached hydrogens (tertiary/aromatic N) is 5. The molecule has 2 saturated heterocycles. The second-order valence-electron chi connectivity index (χ2n) is 15.2. The maximum atomic E-state index is 13.9. The molecule has 2 aliphatic rings. The van der Waals surface area contributed by atoms with E-state index in [2.05, 4.69) is 30.2 Å². The molecule has 2 aliphatic heterocycles. The number of fused-ring (bicyclic) bond motifs is 2. The number of carbonyl (C=O) groups is 2. The van der Waals surface area contributed by atoms with E-state index in [-0.39, 0.29) is 28.1 Å². The largest absolute Gasteiger partial charge is 0.478 e. The third kappa shape index (κ3) is 11.3. The molecule has 19 nitrogen and oxygen atoms in total. The first-order valence-corrected chi connectivity index (χ1v) is 23.4. The molecule has 6 aromatic rings. The number of hydrogen-bond donors (Lipinski definition) is 6. The van der Waals surface area contributed by atoms with Gasteiger partial charge in [-0.25, -0.2) is 49.4 Å². The molecule has 336 valence electrons. The molecule has 0 unspecified atom stereocenters. The van der Waals surface area contributed by atoms with Crippen molar-refractivity contribution >= 4 is 54.6 Å². The van der Waals surface area contributed by atoms with Gasteiger partial charge in [-0.2, -0.15) is 0 Å². The molecule has 0 bridgehead atoms. The van der Waals surface area contributed by atoms with Crippen LogP contribution in [0.5, 0.6) is 0 Å². The lowest BCUT2D eigenvalue weighted by atomic mass is 9.98. The number of carboxylic acids is 1. The van der Waals surface area contributed by atoms with Gasteiger partial charge in [-0.15, -0.1) is 0 Å². The number of H-pyrrole nitrogens is 2. The minimum Gasteiger partial charge on any atom is -0.478 e. The van der Waals surface area contributed by atoms with E-state index >= 15 is 0 Å². The molecule has 23 heteroatoms. The molecule has 4 aromatic heterocycles. The molecule has 0 saturated carbocycles. The highest BCUT2D eigenvalue weighted by Gasteiger charge is 2.32. The van der Waals surface area contributed by atoms with E-state index in [1.54, 1.807) is 31.0 Å². The fourth-order valence-electron chi connectivity index (χ4n) is 7.22. The maximum absolute atomic E-state index is 13.9. The first-order chi connectivity index (χ1) is 29.7. The monoisotopic (exact) mass is 912 g/mol. The minimum absolute atomic E-state index is 0.0166. The Morgan fingerprint density at radius 2 is 1.24 bits per heavy atom. The van der Waals surface area contributed by atoms with Crippen molar-refractivity contribution in [3.63, 3.8) is 0 Å². The number of sulfonamides is 2. The summed E-state index contributed by atoms with van der Waals surface area (Å²) >= 11 is 0. The van der Waals surface area contributed by atoms with Crippen molar-refractivity contribution in [3.8, 4) is 0 Å².